The zero-order valence-corrected chi connectivity index (χ0v) is 11.6. The maximum absolute atomic E-state index is 11.3. The van der Waals surface area contributed by atoms with Gasteiger partial charge in [0.2, 0.25) is 0 Å². The van der Waals surface area contributed by atoms with E-state index in [1.165, 1.54) is 19.3 Å². The second kappa shape index (κ2) is 5.67. The van der Waals surface area contributed by atoms with E-state index >= 15 is 0 Å². The Morgan fingerprint density at radius 3 is 2.76 bits per heavy atom. The Kier molecular flexibility index (Phi) is 4.21. The van der Waals surface area contributed by atoms with Gasteiger partial charge in [-0.05, 0) is 53.4 Å². The second-order valence-electron chi connectivity index (χ2n) is 4.63. The van der Waals surface area contributed by atoms with E-state index in [0.29, 0.717) is 5.56 Å². The van der Waals surface area contributed by atoms with E-state index in [0.717, 1.165) is 29.2 Å². The molecule has 0 amide bonds. The lowest BCUT2D eigenvalue weighted by Gasteiger charge is -2.25. The van der Waals surface area contributed by atoms with Crippen LogP contribution in [0, 0.1) is 5.92 Å². The van der Waals surface area contributed by atoms with Gasteiger partial charge in [0, 0.05) is 10.0 Å². The third-order valence-electron chi connectivity index (χ3n) is 3.34. The van der Waals surface area contributed by atoms with Crippen molar-refractivity contribution < 1.29 is 9.53 Å². The maximum Gasteiger partial charge on any atom is 0.160 e. The number of carbonyl (C=O) groups is 1. The number of rotatable bonds is 5. The Labute approximate surface area is 110 Å². The lowest BCUT2D eigenvalue weighted by atomic mass is 9.83. The molecule has 3 heteroatoms. The fourth-order valence-electron chi connectivity index (χ4n) is 2.00. The van der Waals surface area contributed by atoms with Crippen LogP contribution in [-0.4, -0.2) is 12.4 Å². The molecule has 0 atom stereocenters. The molecule has 1 aliphatic carbocycles. The molecule has 1 aromatic rings. The highest BCUT2D eigenvalue weighted by Gasteiger charge is 2.16. The molecule has 0 saturated heterocycles. The fraction of sp³-hybridized carbons (Fsp3) is 0.500. The zero-order chi connectivity index (χ0) is 12.3. The first-order chi connectivity index (χ1) is 8.16. The Hall–Kier alpha value is -0.830. The molecule has 1 fully saturated rings. The molecule has 1 aliphatic rings. The fourth-order valence-corrected chi connectivity index (χ4v) is 2.63. The third-order valence-corrected chi connectivity index (χ3v) is 4.00. The first kappa shape index (κ1) is 12.6. The lowest BCUT2D eigenvalue weighted by molar-refractivity contribution is 0.101. The van der Waals surface area contributed by atoms with E-state index < -0.39 is 0 Å². The second-order valence-corrected chi connectivity index (χ2v) is 5.49. The lowest BCUT2D eigenvalue weighted by Crippen LogP contribution is -2.14. The molecule has 0 unspecified atom stereocenters. The zero-order valence-electron chi connectivity index (χ0n) is 10.0. The highest BCUT2D eigenvalue weighted by atomic mass is 79.9. The predicted molar refractivity (Wildman–Crippen MR) is 71.6 cm³/mol. The van der Waals surface area contributed by atoms with Gasteiger partial charge in [-0.2, -0.15) is 0 Å². The van der Waals surface area contributed by atoms with Crippen LogP contribution in [-0.2, 0) is 0 Å². The summed E-state index contributed by atoms with van der Waals surface area (Å²) in [5.41, 5.74) is 0.705. The Balaban J connectivity index is 1.88. The van der Waals surface area contributed by atoms with Gasteiger partial charge in [-0.3, -0.25) is 4.79 Å². The quantitative estimate of drug-likeness (QED) is 0.761. The van der Waals surface area contributed by atoms with Gasteiger partial charge in [0.15, 0.2) is 5.78 Å². The first-order valence-corrected chi connectivity index (χ1v) is 6.89. The molecule has 0 bridgehead atoms. The number of ether oxygens (including phenoxy) is 1. The van der Waals surface area contributed by atoms with E-state index in [1.54, 1.807) is 6.92 Å². The van der Waals surface area contributed by atoms with E-state index in [2.05, 4.69) is 15.9 Å². The molecule has 2 nitrogen and oxygen atoms in total. The van der Waals surface area contributed by atoms with Crippen LogP contribution in [0.5, 0.6) is 5.75 Å². The summed E-state index contributed by atoms with van der Waals surface area (Å²) in [5.74, 6) is 1.77. The summed E-state index contributed by atoms with van der Waals surface area (Å²) < 4.78 is 6.50. The number of hydrogen-bond acceptors (Lipinski definition) is 2. The normalized spacial score (nSPS) is 15.4. The van der Waals surface area contributed by atoms with Crippen molar-refractivity contribution in [3.8, 4) is 5.75 Å². The van der Waals surface area contributed by atoms with Crippen LogP contribution < -0.4 is 4.74 Å². The van der Waals surface area contributed by atoms with Gasteiger partial charge in [0.1, 0.15) is 5.75 Å². The summed E-state index contributed by atoms with van der Waals surface area (Å²) in [6.07, 6.45) is 5.24. The molecule has 0 spiro atoms. The number of ketones is 1. The average Bonchev–Trinajstić information content (AvgIpc) is 2.21. The van der Waals surface area contributed by atoms with Gasteiger partial charge < -0.3 is 4.74 Å². The minimum Gasteiger partial charge on any atom is -0.494 e. The summed E-state index contributed by atoms with van der Waals surface area (Å²) in [6.45, 7) is 2.34. The average molecular weight is 297 g/mol. The third kappa shape index (κ3) is 3.32. The molecule has 1 aromatic carbocycles. The molecule has 0 radical (unpaired) electrons. The molecular weight excluding hydrogens is 280 g/mol. The van der Waals surface area contributed by atoms with Crippen LogP contribution in [0.4, 0.5) is 0 Å². The molecule has 17 heavy (non-hydrogen) atoms. The van der Waals surface area contributed by atoms with Gasteiger partial charge in [-0.15, -0.1) is 0 Å². The molecule has 1 saturated carbocycles. The van der Waals surface area contributed by atoms with Crippen molar-refractivity contribution >= 4 is 21.7 Å². The molecule has 0 aliphatic heterocycles. The molecule has 0 N–H and O–H groups in total. The van der Waals surface area contributed by atoms with E-state index in [-0.39, 0.29) is 5.78 Å². The minimum absolute atomic E-state index is 0.0675. The smallest absolute Gasteiger partial charge is 0.160 e. The molecule has 0 heterocycles. The standard InChI is InChI=1S/C14H17BrO2/c1-10(16)13-6-5-12(9-14(13)15)17-8-7-11-3-2-4-11/h5-6,9,11H,2-4,7-8H2,1H3. The number of Topliss-reactive ketones (excluding diaryl/α,β-unsaturated/α-hetero) is 1. The van der Waals surface area contributed by atoms with Crippen LogP contribution in [0.3, 0.4) is 0 Å². The van der Waals surface area contributed by atoms with Crippen LogP contribution >= 0.6 is 15.9 Å². The topological polar surface area (TPSA) is 26.3 Å². The Morgan fingerprint density at radius 2 is 2.24 bits per heavy atom. The number of halogens is 1. The highest BCUT2D eigenvalue weighted by molar-refractivity contribution is 9.10. The van der Waals surface area contributed by atoms with Crippen LogP contribution in [0.25, 0.3) is 0 Å². The molecular formula is C14H17BrO2. The molecule has 2 rings (SSSR count). The van der Waals surface area contributed by atoms with Gasteiger partial charge in [-0.1, -0.05) is 19.3 Å². The Morgan fingerprint density at radius 1 is 1.47 bits per heavy atom. The summed E-state index contributed by atoms with van der Waals surface area (Å²) in [6, 6.07) is 5.55. The summed E-state index contributed by atoms with van der Waals surface area (Å²) in [7, 11) is 0. The van der Waals surface area contributed by atoms with Crippen molar-refractivity contribution in [2.45, 2.75) is 32.6 Å². The highest BCUT2D eigenvalue weighted by Crippen LogP contribution is 2.30. The van der Waals surface area contributed by atoms with Crippen LogP contribution in [0.15, 0.2) is 22.7 Å². The van der Waals surface area contributed by atoms with Crippen molar-refractivity contribution in [2.24, 2.45) is 5.92 Å². The van der Waals surface area contributed by atoms with Crippen molar-refractivity contribution in [2.75, 3.05) is 6.61 Å². The van der Waals surface area contributed by atoms with Crippen molar-refractivity contribution in [1.29, 1.82) is 0 Å². The van der Waals surface area contributed by atoms with E-state index in [1.807, 2.05) is 18.2 Å². The first-order valence-electron chi connectivity index (χ1n) is 6.10. The summed E-state index contributed by atoms with van der Waals surface area (Å²) in [4.78, 5) is 11.3. The summed E-state index contributed by atoms with van der Waals surface area (Å²) in [5, 5.41) is 0. The monoisotopic (exact) mass is 296 g/mol. The van der Waals surface area contributed by atoms with Crippen molar-refractivity contribution in [3.05, 3.63) is 28.2 Å². The largest absolute Gasteiger partial charge is 0.494 e. The Bertz CT molecular complexity index is 411. The van der Waals surface area contributed by atoms with Crippen LogP contribution in [0.1, 0.15) is 43.0 Å². The SMILES string of the molecule is CC(=O)c1ccc(OCCC2CCC2)cc1Br. The number of benzene rings is 1. The van der Waals surface area contributed by atoms with E-state index in [9.17, 15) is 4.79 Å². The van der Waals surface area contributed by atoms with Gasteiger partial charge in [-0.25, -0.2) is 0 Å². The predicted octanol–water partition coefficient (Wildman–Crippen LogP) is 4.22. The van der Waals surface area contributed by atoms with Gasteiger partial charge >= 0.3 is 0 Å². The minimum atomic E-state index is 0.0675. The molecule has 92 valence electrons. The summed E-state index contributed by atoms with van der Waals surface area (Å²) >= 11 is 3.39. The number of hydrogen-bond donors (Lipinski definition) is 0. The van der Waals surface area contributed by atoms with Gasteiger partial charge in [0.05, 0.1) is 6.61 Å². The van der Waals surface area contributed by atoms with Gasteiger partial charge in [0.25, 0.3) is 0 Å². The number of carbonyl (C=O) groups excluding carboxylic acids is 1. The van der Waals surface area contributed by atoms with Crippen molar-refractivity contribution in [3.63, 3.8) is 0 Å². The van der Waals surface area contributed by atoms with E-state index in [4.69, 9.17) is 4.74 Å². The maximum atomic E-state index is 11.3. The molecule has 0 aromatic heterocycles. The van der Waals surface area contributed by atoms with Crippen LogP contribution in [0.2, 0.25) is 0 Å². The van der Waals surface area contributed by atoms with Crippen molar-refractivity contribution in [1.82, 2.24) is 0 Å².